The average Bonchev–Trinajstić information content (AvgIpc) is 2.62. The second kappa shape index (κ2) is 4.96. The first kappa shape index (κ1) is 11.8. The molecule has 15 heavy (non-hydrogen) atoms. The molecular formula is C11H17NO3. The topological polar surface area (TPSA) is 66.4 Å². The normalized spacial score (nSPS) is 24.9. The van der Waals surface area contributed by atoms with Gasteiger partial charge in [-0.2, -0.15) is 0 Å². The highest BCUT2D eigenvalue weighted by atomic mass is 16.4. The molecule has 0 unspecified atom stereocenters. The van der Waals surface area contributed by atoms with Crippen LogP contribution in [0.25, 0.3) is 0 Å². The van der Waals surface area contributed by atoms with Crippen LogP contribution in [0.2, 0.25) is 0 Å². The third-order valence-electron chi connectivity index (χ3n) is 2.73. The van der Waals surface area contributed by atoms with E-state index < -0.39 is 11.9 Å². The van der Waals surface area contributed by atoms with E-state index in [4.69, 9.17) is 5.11 Å². The van der Waals surface area contributed by atoms with Crippen LogP contribution in [-0.4, -0.2) is 23.5 Å². The van der Waals surface area contributed by atoms with E-state index in [-0.39, 0.29) is 11.8 Å². The van der Waals surface area contributed by atoms with Crippen molar-refractivity contribution in [2.24, 2.45) is 11.8 Å². The van der Waals surface area contributed by atoms with Crippen LogP contribution in [0, 0.1) is 11.8 Å². The van der Waals surface area contributed by atoms with Gasteiger partial charge in [0.1, 0.15) is 0 Å². The molecule has 0 heterocycles. The van der Waals surface area contributed by atoms with Gasteiger partial charge in [0, 0.05) is 6.54 Å². The summed E-state index contributed by atoms with van der Waals surface area (Å²) in [6, 6.07) is 0. The summed E-state index contributed by atoms with van der Waals surface area (Å²) in [6.07, 6.45) is 2.11. The van der Waals surface area contributed by atoms with Crippen LogP contribution in [0.3, 0.4) is 0 Å². The van der Waals surface area contributed by atoms with E-state index >= 15 is 0 Å². The zero-order valence-electron chi connectivity index (χ0n) is 8.95. The summed E-state index contributed by atoms with van der Waals surface area (Å²) in [7, 11) is 0. The minimum Gasteiger partial charge on any atom is -0.481 e. The lowest BCUT2D eigenvalue weighted by atomic mass is 9.95. The van der Waals surface area contributed by atoms with E-state index in [0.717, 1.165) is 12.0 Å². The van der Waals surface area contributed by atoms with Crippen LogP contribution in [0.5, 0.6) is 0 Å². The predicted octanol–water partition coefficient (Wildman–Crippen LogP) is 1.18. The molecule has 0 aromatic heterocycles. The number of rotatable bonds is 4. The smallest absolute Gasteiger partial charge is 0.307 e. The maximum absolute atomic E-state index is 11.6. The molecule has 2 N–H and O–H groups in total. The highest BCUT2D eigenvalue weighted by Gasteiger charge is 2.37. The number of hydrogen-bond acceptors (Lipinski definition) is 2. The van der Waals surface area contributed by atoms with Gasteiger partial charge in [-0.1, -0.05) is 18.6 Å². The van der Waals surface area contributed by atoms with Gasteiger partial charge in [-0.05, 0) is 19.8 Å². The van der Waals surface area contributed by atoms with E-state index in [9.17, 15) is 9.59 Å². The first-order valence-corrected chi connectivity index (χ1v) is 5.17. The molecule has 0 radical (unpaired) electrons. The summed E-state index contributed by atoms with van der Waals surface area (Å²) in [4.78, 5) is 22.5. The highest BCUT2D eigenvalue weighted by molar-refractivity contribution is 5.85. The molecule has 1 fully saturated rings. The van der Waals surface area contributed by atoms with Crippen LogP contribution in [0.1, 0.15) is 26.2 Å². The summed E-state index contributed by atoms with van der Waals surface area (Å²) in [6.45, 7) is 5.93. The molecule has 2 atom stereocenters. The largest absolute Gasteiger partial charge is 0.481 e. The van der Waals surface area contributed by atoms with Gasteiger partial charge < -0.3 is 10.4 Å². The van der Waals surface area contributed by atoms with Gasteiger partial charge in [0.15, 0.2) is 0 Å². The minimum atomic E-state index is -0.858. The molecule has 4 heteroatoms. The number of carbonyl (C=O) groups is 2. The Kier molecular flexibility index (Phi) is 3.88. The van der Waals surface area contributed by atoms with Crippen LogP contribution >= 0.6 is 0 Å². The second-order valence-electron chi connectivity index (χ2n) is 4.16. The second-order valence-corrected chi connectivity index (χ2v) is 4.16. The van der Waals surface area contributed by atoms with Gasteiger partial charge in [-0.15, -0.1) is 0 Å². The number of hydrogen-bond donors (Lipinski definition) is 2. The first-order chi connectivity index (χ1) is 7.02. The van der Waals surface area contributed by atoms with Crippen molar-refractivity contribution in [3.05, 3.63) is 12.2 Å². The Bertz CT molecular complexity index is 286. The highest BCUT2D eigenvalue weighted by Crippen LogP contribution is 2.31. The number of carboxylic acid groups (broad SMARTS) is 1. The van der Waals surface area contributed by atoms with Crippen LogP contribution < -0.4 is 5.32 Å². The molecule has 0 saturated heterocycles. The molecule has 1 rings (SSSR count). The van der Waals surface area contributed by atoms with Crippen LogP contribution in [-0.2, 0) is 9.59 Å². The number of nitrogens with one attached hydrogen (secondary N) is 1. The summed E-state index contributed by atoms with van der Waals surface area (Å²) in [5.41, 5.74) is 0.869. The van der Waals surface area contributed by atoms with Crippen molar-refractivity contribution in [2.75, 3.05) is 6.54 Å². The van der Waals surface area contributed by atoms with Gasteiger partial charge in [0.05, 0.1) is 11.8 Å². The van der Waals surface area contributed by atoms with Gasteiger partial charge in [-0.25, -0.2) is 0 Å². The maximum Gasteiger partial charge on any atom is 0.307 e. The molecular weight excluding hydrogens is 194 g/mol. The lowest BCUT2D eigenvalue weighted by Crippen LogP contribution is -2.35. The molecule has 1 aliphatic carbocycles. The Hall–Kier alpha value is -1.32. The monoisotopic (exact) mass is 211 g/mol. The molecule has 0 aromatic carbocycles. The van der Waals surface area contributed by atoms with E-state index in [1.54, 1.807) is 0 Å². The Morgan fingerprint density at radius 2 is 2.00 bits per heavy atom. The van der Waals surface area contributed by atoms with E-state index in [2.05, 4.69) is 11.9 Å². The molecule has 1 amide bonds. The Morgan fingerprint density at radius 1 is 1.40 bits per heavy atom. The minimum absolute atomic E-state index is 0.150. The van der Waals surface area contributed by atoms with Crippen LogP contribution in [0.15, 0.2) is 12.2 Å². The quantitative estimate of drug-likeness (QED) is 0.686. The fourth-order valence-corrected chi connectivity index (χ4v) is 1.94. The van der Waals surface area contributed by atoms with Crippen molar-refractivity contribution < 1.29 is 14.7 Å². The van der Waals surface area contributed by atoms with Crippen molar-refractivity contribution in [1.29, 1.82) is 0 Å². The van der Waals surface area contributed by atoms with Gasteiger partial charge in [0.25, 0.3) is 0 Å². The lowest BCUT2D eigenvalue weighted by molar-refractivity contribution is -0.146. The number of amides is 1. The molecule has 1 aliphatic rings. The zero-order valence-corrected chi connectivity index (χ0v) is 8.95. The van der Waals surface area contributed by atoms with Crippen molar-refractivity contribution in [2.45, 2.75) is 26.2 Å². The van der Waals surface area contributed by atoms with Gasteiger partial charge in [0.2, 0.25) is 5.91 Å². The predicted molar refractivity (Wildman–Crippen MR) is 56.3 cm³/mol. The van der Waals surface area contributed by atoms with E-state index in [1.807, 2.05) is 6.92 Å². The Labute approximate surface area is 89.4 Å². The maximum atomic E-state index is 11.6. The van der Waals surface area contributed by atoms with Crippen LogP contribution in [0.4, 0.5) is 0 Å². The third-order valence-corrected chi connectivity index (χ3v) is 2.73. The molecule has 0 spiro atoms. The number of aliphatic carboxylic acids is 1. The molecule has 4 nitrogen and oxygen atoms in total. The number of carboxylic acids is 1. The number of carbonyl (C=O) groups excluding carboxylic acids is 1. The van der Waals surface area contributed by atoms with Crippen molar-refractivity contribution >= 4 is 11.9 Å². The fourth-order valence-electron chi connectivity index (χ4n) is 1.94. The van der Waals surface area contributed by atoms with Gasteiger partial charge in [-0.3, -0.25) is 9.59 Å². The van der Waals surface area contributed by atoms with E-state index in [1.165, 1.54) is 0 Å². The van der Waals surface area contributed by atoms with Gasteiger partial charge >= 0.3 is 5.97 Å². The van der Waals surface area contributed by atoms with Crippen molar-refractivity contribution in [3.63, 3.8) is 0 Å². The van der Waals surface area contributed by atoms with E-state index in [0.29, 0.717) is 19.4 Å². The standard InChI is InChI=1S/C11H17NO3/c1-7(2)6-12-10(13)8-4-3-5-9(8)11(14)15/h8-9H,1,3-6H2,2H3,(H,12,13)(H,14,15)/t8-,9+/m1/s1. The summed E-state index contributed by atoms with van der Waals surface area (Å²) in [5, 5.41) is 11.6. The third kappa shape index (κ3) is 3.08. The Morgan fingerprint density at radius 3 is 2.53 bits per heavy atom. The SMILES string of the molecule is C=C(C)CNC(=O)[C@@H]1CCC[C@@H]1C(=O)O. The summed E-state index contributed by atoms with van der Waals surface area (Å²) >= 11 is 0. The van der Waals surface area contributed by atoms with Crippen molar-refractivity contribution in [1.82, 2.24) is 5.32 Å². The molecule has 0 aromatic rings. The lowest BCUT2D eigenvalue weighted by Gasteiger charge is -2.15. The average molecular weight is 211 g/mol. The fraction of sp³-hybridized carbons (Fsp3) is 0.636. The molecule has 1 saturated carbocycles. The molecule has 0 aliphatic heterocycles. The molecule has 0 bridgehead atoms. The zero-order chi connectivity index (χ0) is 11.4. The first-order valence-electron chi connectivity index (χ1n) is 5.17. The molecule has 84 valence electrons. The van der Waals surface area contributed by atoms with Crippen molar-refractivity contribution in [3.8, 4) is 0 Å². The Balaban J connectivity index is 2.51. The summed E-state index contributed by atoms with van der Waals surface area (Å²) < 4.78 is 0. The summed E-state index contributed by atoms with van der Waals surface area (Å²) in [5.74, 6) is -1.87.